The van der Waals surface area contributed by atoms with Crippen molar-refractivity contribution in [2.24, 2.45) is 0 Å². The van der Waals surface area contributed by atoms with Crippen LogP contribution >= 0.6 is 0 Å². The molecule has 0 aliphatic heterocycles. The minimum Gasteiger partial charge on any atom is -0.386 e. The van der Waals surface area contributed by atoms with Crippen molar-refractivity contribution >= 4 is 23.3 Å². The van der Waals surface area contributed by atoms with E-state index < -0.39 is 11.9 Å². The Morgan fingerprint density at radius 3 is 1.56 bits per heavy atom. The molecule has 0 atom stereocenters. The third kappa shape index (κ3) is 5.58. The van der Waals surface area contributed by atoms with Gasteiger partial charge in [0.05, 0.1) is 11.1 Å². The fraction of sp³-hybridized carbons (Fsp3) is 0.364. The first-order valence-electron chi connectivity index (χ1n) is 9.41. The summed E-state index contributed by atoms with van der Waals surface area (Å²) in [6.45, 7) is 9.48. The minimum atomic E-state index is -0.652. The average Bonchev–Trinajstić information content (AvgIpc) is 2.64. The van der Waals surface area contributed by atoms with Crippen molar-refractivity contribution in [2.75, 3.05) is 23.7 Å². The van der Waals surface area contributed by atoms with Crippen molar-refractivity contribution in [3.8, 4) is 0 Å². The summed E-state index contributed by atoms with van der Waals surface area (Å²) < 4.78 is 5.19. The maximum absolute atomic E-state index is 12.6. The van der Waals surface area contributed by atoms with Gasteiger partial charge in [-0.2, -0.15) is 0 Å². The van der Waals surface area contributed by atoms with E-state index >= 15 is 0 Å². The van der Waals surface area contributed by atoms with Crippen molar-refractivity contribution < 1.29 is 14.3 Å². The lowest BCUT2D eigenvalue weighted by molar-refractivity contribution is 0.0399. The maximum atomic E-state index is 12.6. The van der Waals surface area contributed by atoms with Gasteiger partial charge in [-0.05, 0) is 62.1 Å². The highest BCUT2D eigenvalue weighted by Crippen LogP contribution is 2.22. The number of hydrogen-bond donors (Lipinski definition) is 2. The second-order valence-corrected chi connectivity index (χ2v) is 6.63. The number of aryl methyl sites for hydroxylation is 2. The van der Waals surface area contributed by atoms with E-state index in [-0.39, 0.29) is 0 Å². The van der Waals surface area contributed by atoms with E-state index in [2.05, 4.69) is 10.6 Å². The molecule has 0 aliphatic carbocycles. The van der Waals surface area contributed by atoms with Crippen molar-refractivity contribution in [3.05, 3.63) is 58.7 Å². The van der Waals surface area contributed by atoms with E-state index in [0.29, 0.717) is 22.5 Å². The van der Waals surface area contributed by atoms with Crippen LogP contribution in [0.2, 0.25) is 0 Å². The Morgan fingerprint density at radius 1 is 0.778 bits per heavy atom. The van der Waals surface area contributed by atoms with E-state index in [9.17, 15) is 9.59 Å². The first kappa shape index (κ1) is 20.5. The molecule has 27 heavy (non-hydrogen) atoms. The zero-order valence-electron chi connectivity index (χ0n) is 16.5. The van der Waals surface area contributed by atoms with Gasteiger partial charge in [-0.25, -0.2) is 9.59 Å². The molecule has 0 radical (unpaired) electrons. The molecule has 2 rings (SSSR count). The van der Waals surface area contributed by atoms with Crippen LogP contribution < -0.4 is 10.6 Å². The summed E-state index contributed by atoms with van der Waals surface area (Å²) in [6.07, 6.45) is 1.86. The van der Waals surface area contributed by atoms with Crippen molar-refractivity contribution in [1.82, 2.24) is 0 Å². The lowest BCUT2D eigenvalue weighted by atomic mass is 10.1. The number of carbonyl (C=O) groups is 2. The molecular formula is C22H28N2O3. The summed E-state index contributed by atoms with van der Waals surface area (Å²) in [5, 5.41) is 6.44. The minimum absolute atomic E-state index is 0.359. The van der Waals surface area contributed by atoms with Crippen molar-refractivity contribution in [2.45, 2.75) is 40.5 Å². The molecule has 144 valence electrons. The molecule has 0 fully saturated rings. The van der Waals surface area contributed by atoms with E-state index in [1.54, 1.807) is 12.1 Å². The quantitative estimate of drug-likeness (QED) is 0.510. The Hall–Kier alpha value is -2.82. The van der Waals surface area contributed by atoms with Crippen molar-refractivity contribution in [3.63, 3.8) is 0 Å². The number of esters is 2. The Labute approximate surface area is 161 Å². The predicted octanol–water partition coefficient (Wildman–Crippen LogP) is 4.94. The molecule has 2 aromatic carbocycles. The van der Waals surface area contributed by atoms with Crippen LogP contribution in [0, 0.1) is 13.8 Å². The summed E-state index contributed by atoms with van der Waals surface area (Å²) in [6, 6.07) is 10.8. The molecular weight excluding hydrogens is 340 g/mol. The molecule has 5 nitrogen and oxygen atoms in total. The van der Waals surface area contributed by atoms with Crippen LogP contribution in [-0.2, 0) is 4.74 Å². The third-order valence-electron chi connectivity index (χ3n) is 4.11. The van der Waals surface area contributed by atoms with Gasteiger partial charge < -0.3 is 15.4 Å². The van der Waals surface area contributed by atoms with E-state index in [0.717, 1.165) is 37.1 Å². The van der Waals surface area contributed by atoms with Gasteiger partial charge in [0.2, 0.25) is 0 Å². The molecule has 0 saturated heterocycles. The predicted molar refractivity (Wildman–Crippen MR) is 110 cm³/mol. The Morgan fingerprint density at radius 2 is 1.19 bits per heavy atom. The highest BCUT2D eigenvalue weighted by Gasteiger charge is 2.20. The van der Waals surface area contributed by atoms with E-state index in [4.69, 9.17) is 4.74 Å². The second-order valence-electron chi connectivity index (χ2n) is 6.63. The number of anilines is 2. The van der Waals surface area contributed by atoms with E-state index in [1.807, 2.05) is 52.0 Å². The first-order valence-corrected chi connectivity index (χ1v) is 9.41. The lowest BCUT2D eigenvalue weighted by Gasteiger charge is -2.13. The van der Waals surface area contributed by atoms with Gasteiger partial charge in [-0.3, -0.25) is 0 Å². The molecule has 0 bridgehead atoms. The zero-order chi connectivity index (χ0) is 19.8. The molecule has 0 amide bonds. The molecule has 0 aromatic heterocycles. The van der Waals surface area contributed by atoms with Crippen LogP contribution in [0.4, 0.5) is 11.4 Å². The number of ether oxygens (including phenoxy) is 1. The monoisotopic (exact) mass is 368 g/mol. The normalized spacial score (nSPS) is 10.4. The summed E-state index contributed by atoms with van der Waals surface area (Å²) in [5.74, 6) is -1.30. The molecule has 0 spiro atoms. The summed E-state index contributed by atoms with van der Waals surface area (Å²) >= 11 is 0. The van der Waals surface area contributed by atoms with Gasteiger partial charge in [0.25, 0.3) is 0 Å². The number of benzene rings is 2. The topological polar surface area (TPSA) is 67.4 Å². The van der Waals surface area contributed by atoms with Crippen LogP contribution in [0.5, 0.6) is 0 Å². The van der Waals surface area contributed by atoms with Gasteiger partial charge in [-0.15, -0.1) is 0 Å². The molecule has 0 heterocycles. The molecule has 2 N–H and O–H groups in total. The fourth-order valence-corrected chi connectivity index (χ4v) is 2.68. The molecule has 2 aromatic rings. The van der Waals surface area contributed by atoms with Gasteiger partial charge in [0, 0.05) is 24.5 Å². The third-order valence-corrected chi connectivity index (χ3v) is 4.11. The van der Waals surface area contributed by atoms with Gasteiger partial charge >= 0.3 is 11.9 Å². The number of hydrogen-bond acceptors (Lipinski definition) is 5. The molecule has 0 aliphatic rings. The lowest BCUT2D eigenvalue weighted by Crippen LogP contribution is -2.17. The van der Waals surface area contributed by atoms with Crippen molar-refractivity contribution in [1.29, 1.82) is 0 Å². The highest BCUT2D eigenvalue weighted by molar-refractivity contribution is 6.07. The first-order chi connectivity index (χ1) is 13.0. The summed E-state index contributed by atoms with van der Waals surface area (Å²) in [5.41, 5.74) is 4.14. The number of nitrogens with one attached hydrogen (secondary N) is 2. The fourth-order valence-electron chi connectivity index (χ4n) is 2.68. The Balaban J connectivity index is 2.22. The molecule has 0 unspecified atom stereocenters. The van der Waals surface area contributed by atoms with Crippen LogP contribution in [0.1, 0.15) is 58.5 Å². The van der Waals surface area contributed by atoms with Crippen LogP contribution in [0.25, 0.3) is 0 Å². The number of carbonyl (C=O) groups excluding carboxylic acids is 2. The van der Waals surface area contributed by atoms with Gasteiger partial charge in [-0.1, -0.05) is 26.0 Å². The van der Waals surface area contributed by atoms with Crippen LogP contribution in [-0.4, -0.2) is 25.0 Å². The smallest absolute Gasteiger partial charge is 0.348 e. The second kappa shape index (κ2) is 9.76. The van der Waals surface area contributed by atoms with Gasteiger partial charge in [0.1, 0.15) is 0 Å². The Kier molecular flexibility index (Phi) is 7.41. The summed E-state index contributed by atoms with van der Waals surface area (Å²) in [4.78, 5) is 25.2. The van der Waals surface area contributed by atoms with Gasteiger partial charge in [0.15, 0.2) is 0 Å². The standard InChI is InChI=1S/C22H28N2O3/c1-5-11-23-19-13-15(3)7-9-17(19)21(25)27-22(26)18-10-8-16(4)14-20(18)24-12-6-2/h7-10,13-14,23-24H,5-6,11-12H2,1-4H3. The van der Waals surface area contributed by atoms with E-state index in [1.165, 1.54) is 0 Å². The highest BCUT2D eigenvalue weighted by atomic mass is 16.6. The molecule has 5 heteroatoms. The van der Waals surface area contributed by atoms with Crippen LogP contribution in [0.15, 0.2) is 36.4 Å². The average molecular weight is 368 g/mol. The largest absolute Gasteiger partial charge is 0.386 e. The Bertz CT molecular complexity index is 748. The number of rotatable bonds is 8. The SMILES string of the molecule is CCCNc1cc(C)ccc1C(=O)OC(=O)c1ccc(C)cc1NCCC. The summed E-state index contributed by atoms with van der Waals surface area (Å²) in [7, 11) is 0. The van der Waals surface area contributed by atoms with Crippen LogP contribution in [0.3, 0.4) is 0 Å². The molecule has 0 saturated carbocycles. The maximum Gasteiger partial charge on any atom is 0.348 e. The zero-order valence-corrected chi connectivity index (χ0v) is 16.5.